The van der Waals surface area contributed by atoms with Gasteiger partial charge in [0.25, 0.3) is 0 Å². The lowest BCUT2D eigenvalue weighted by molar-refractivity contribution is -0.143. The minimum atomic E-state index is -1.38. The van der Waals surface area contributed by atoms with Gasteiger partial charge in [0.15, 0.2) is 5.78 Å². The number of carbonyl (C=O) groups excluding carboxylic acids is 3. The summed E-state index contributed by atoms with van der Waals surface area (Å²) in [6, 6.07) is 3.30. The quantitative estimate of drug-likeness (QED) is 0.379. The van der Waals surface area contributed by atoms with Crippen molar-refractivity contribution in [3.05, 3.63) is 41.5 Å². The third kappa shape index (κ3) is 5.62. The monoisotopic (exact) mass is 321 g/mol. The van der Waals surface area contributed by atoms with E-state index in [1.165, 1.54) is 6.07 Å². The lowest BCUT2D eigenvalue weighted by Crippen LogP contribution is -2.29. The standard InChI is InChI=1S/C15H15NO7/c1-2-23-14(20)8-16-13(19)6-5-11(17)9-3-4-12(18)10(7-9)15(21)22/h3-7,18H,2,8H2,1H3,(H,16,19)(H,21,22). The molecule has 0 saturated heterocycles. The molecular formula is C15H15NO7. The molecule has 8 nitrogen and oxygen atoms in total. The second-order valence-electron chi connectivity index (χ2n) is 4.26. The number of rotatable bonds is 7. The number of carboxylic acids is 1. The number of allylic oxidation sites excluding steroid dienone is 1. The molecule has 0 aliphatic carbocycles. The molecule has 0 spiro atoms. The lowest BCUT2D eigenvalue weighted by Gasteiger charge is -2.02. The van der Waals surface area contributed by atoms with Gasteiger partial charge in [-0.15, -0.1) is 0 Å². The smallest absolute Gasteiger partial charge is 0.339 e. The molecule has 8 heteroatoms. The van der Waals surface area contributed by atoms with Gasteiger partial charge < -0.3 is 20.3 Å². The van der Waals surface area contributed by atoms with E-state index in [1.54, 1.807) is 6.92 Å². The Hall–Kier alpha value is -3.16. The van der Waals surface area contributed by atoms with Crippen molar-refractivity contribution < 1.29 is 34.1 Å². The molecule has 1 aromatic rings. The van der Waals surface area contributed by atoms with Crippen molar-refractivity contribution in [3.8, 4) is 5.75 Å². The SMILES string of the molecule is CCOC(=O)CNC(=O)C=CC(=O)c1ccc(O)c(C(=O)O)c1. The first-order chi connectivity index (χ1) is 10.8. The zero-order valence-corrected chi connectivity index (χ0v) is 12.2. The molecule has 0 heterocycles. The average molecular weight is 321 g/mol. The molecule has 1 rings (SSSR count). The second-order valence-corrected chi connectivity index (χ2v) is 4.26. The van der Waals surface area contributed by atoms with Crippen molar-refractivity contribution >= 4 is 23.6 Å². The fourth-order valence-electron chi connectivity index (χ4n) is 1.54. The molecule has 23 heavy (non-hydrogen) atoms. The Morgan fingerprint density at radius 3 is 2.52 bits per heavy atom. The maximum absolute atomic E-state index is 11.8. The Balaban J connectivity index is 2.68. The van der Waals surface area contributed by atoms with Gasteiger partial charge >= 0.3 is 11.9 Å². The Bertz CT molecular complexity index is 664. The highest BCUT2D eigenvalue weighted by Gasteiger charge is 2.13. The van der Waals surface area contributed by atoms with E-state index in [0.717, 1.165) is 24.3 Å². The van der Waals surface area contributed by atoms with Gasteiger partial charge in [0.05, 0.1) is 6.61 Å². The molecule has 0 saturated carbocycles. The van der Waals surface area contributed by atoms with Gasteiger partial charge in [-0.3, -0.25) is 14.4 Å². The predicted molar refractivity (Wildman–Crippen MR) is 78.2 cm³/mol. The summed E-state index contributed by atoms with van der Waals surface area (Å²) in [4.78, 5) is 45.2. The van der Waals surface area contributed by atoms with Crippen LogP contribution in [0.5, 0.6) is 5.75 Å². The summed E-state index contributed by atoms with van der Waals surface area (Å²) in [5.74, 6) is -3.76. The highest BCUT2D eigenvalue weighted by Crippen LogP contribution is 2.18. The van der Waals surface area contributed by atoms with Crippen LogP contribution in [-0.2, 0) is 14.3 Å². The number of aromatic carboxylic acids is 1. The summed E-state index contributed by atoms with van der Waals surface area (Å²) >= 11 is 0. The van der Waals surface area contributed by atoms with Gasteiger partial charge in [-0.1, -0.05) is 0 Å². The van der Waals surface area contributed by atoms with Crippen molar-refractivity contribution in [3.63, 3.8) is 0 Å². The molecule has 0 radical (unpaired) electrons. The number of hydrogen-bond acceptors (Lipinski definition) is 6. The van der Waals surface area contributed by atoms with Crippen LogP contribution in [0.1, 0.15) is 27.6 Å². The molecule has 1 amide bonds. The number of ether oxygens (including phenoxy) is 1. The number of aromatic hydroxyl groups is 1. The van der Waals surface area contributed by atoms with Crippen LogP contribution < -0.4 is 5.32 Å². The van der Waals surface area contributed by atoms with E-state index in [9.17, 15) is 24.3 Å². The number of carbonyl (C=O) groups is 4. The van der Waals surface area contributed by atoms with E-state index in [4.69, 9.17) is 5.11 Å². The molecule has 0 unspecified atom stereocenters. The van der Waals surface area contributed by atoms with E-state index in [1.807, 2.05) is 0 Å². The van der Waals surface area contributed by atoms with E-state index in [2.05, 4.69) is 10.1 Å². The lowest BCUT2D eigenvalue weighted by atomic mass is 10.1. The molecule has 0 atom stereocenters. The highest BCUT2D eigenvalue weighted by atomic mass is 16.5. The molecule has 1 aromatic carbocycles. The summed E-state index contributed by atoms with van der Waals surface area (Å²) < 4.78 is 4.61. The Morgan fingerprint density at radius 1 is 1.22 bits per heavy atom. The molecule has 3 N–H and O–H groups in total. The predicted octanol–water partition coefficient (Wildman–Crippen LogP) is 0.509. The number of hydrogen-bond donors (Lipinski definition) is 3. The zero-order chi connectivity index (χ0) is 17.4. The molecule has 0 aliphatic rings. The van der Waals surface area contributed by atoms with Crippen LogP contribution in [0.25, 0.3) is 0 Å². The molecule has 0 aliphatic heterocycles. The maximum atomic E-state index is 11.8. The summed E-state index contributed by atoms with van der Waals surface area (Å²) in [7, 11) is 0. The normalized spacial score (nSPS) is 10.3. The second kappa shape index (κ2) is 8.32. The third-order valence-electron chi connectivity index (χ3n) is 2.61. The first kappa shape index (κ1) is 17.9. The van der Waals surface area contributed by atoms with Gasteiger partial charge in [-0.2, -0.15) is 0 Å². The van der Waals surface area contributed by atoms with Crippen LogP contribution in [0.3, 0.4) is 0 Å². The third-order valence-corrected chi connectivity index (χ3v) is 2.61. The van der Waals surface area contributed by atoms with Gasteiger partial charge in [0, 0.05) is 11.6 Å². The number of amides is 1. The first-order valence-electron chi connectivity index (χ1n) is 6.57. The number of ketones is 1. The number of benzene rings is 1. The highest BCUT2D eigenvalue weighted by molar-refractivity contribution is 6.09. The van der Waals surface area contributed by atoms with Gasteiger partial charge in [-0.05, 0) is 31.2 Å². The largest absolute Gasteiger partial charge is 0.507 e. The van der Waals surface area contributed by atoms with Crippen molar-refractivity contribution in [2.24, 2.45) is 0 Å². The van der Waals surface area contributed by atoms with Crippen LogP contribution in [0.4, 0.5) is 0 Å². The van der Waals surface area contributed by atoms with E-state index in [-0.39, 0.29) is 18.7 Å². The number of esters is 1. The van der Waals surface area contributed by atoms with Crippen LogP contribution in [-0.4, -0.2) is 47.0 Å². The molecule has 0 fully saturated rings. The topological polar surface area (TPSA) is 130 Å². The van der Waals surface area contributed by atoms with Gasteiger partial charge in [0.2, 0.25) is 5.91 Å². The Labute approximate surface area is 131 Å². The van der Waals surface area contributed by atoms with E-state index in [0.29, 0.717) is 0 Å². The summed E-state index contributed by atoms with van der Waals surface area (Å²) in [5, 5.41) is 20.4. The van der Waals surface area contributed by atoms with Crippen molar-refractivity contribution in [1.29, 1.82) is 0 Å². The average Bonchev–Trinajstić information content (AvgIpc) is 2.51. The fraction of sp³-hybridized carbons (Fsp3) is 0.200. The van der Waals surface area contributed by atoms with Gasteiger partial charge in [0.1, 0.15) is 17.9 Å². The first-order valence-corrected chi connectivity index (χ1v) is 6.57. The van der Waals surface area contributed by atoms with Crippen molar-refractivity contribution in [2.75, 3.05) is 13.2 Å². The van der Waals surface area contributed by atoms with Crippen LogP contribution >= 0.6 is 0 Å². The van der Waals surface area contributed by atoms with E-state index < -0.39 is 34.9 Å². The Kier molecular flexibility index (Phi) is 6.47. The van der Waals surface area contributed by atoms with Crippen molar-refractivity contribution in [1.82, 2.24) is 5.32 Å². The number of phenols is 1. The van der Waals surface area contributed by atoms with Crippen LogP contribution in [0, 0.1) is 0 Å². The molecular weight excluding hydrogens is 306 g/mol. The molecule has 122 valence electrons. The number of carboxylic acid groups (broad SMARTS) is 1. The van der Waals surface area contributed by atoms with Crippen LogP contribution in [0.2, 0.25) is 0 Å². The number of nitrogens with one attached hydrogen (secondary N) is 1. The maximum Gasteiger partial charge on any atom is 0.339 e. The van der Waals surface area contributed by atoms with E-state index >= 15 is 0 Å². The minimum Gasteiger partial charge on any atom is -0.507 e. The summed E-state index contributed by atoms with van der Waals surface area (Å²) in [6.07, 6.45) is 1.84. The summed E-state index contributed by atoms with van der Waals surface area (Å²) in [6.45, 7) is 1.49. The van der Waals surface area contributed by atoms with Gasteiger partial charge in [-0.25, -0.2) is 4.79 Å². The minimum absolute atomic E-state index is 0.00496. The molecule has 0 bridgehead atoms. The Morgan fingerprint density at radius 2 is 1.91 bits per heavy atom. The summed E-state index contributed by atoms with van der Waals surface area (Å²) in [5.41, 5.74) is -0.425. The zero-order valence-electron chi connectivity index (χ0n) is 12.2. The van der Waals surface area contributed by atoms with Crippen molar-refractivity contribution in [2.45, 2.75) is 6.92 Å². The van der Waals surface area contributed by atoms with Crippen LogP contribution in [0.15, 0.2) is 30.4 Å². The fourth-order valence-corrected chi connectivity index (χ4v) is 1.54. The molecule has 0 aromatic heterocycles.